The van der Waals surface area contributed by atoms with E-state index in [4.69, 9.17) is 0 Å². The predicted octanol–water partition coefficient (Wildman–Crippen LogP) is 1.91. The van der Waals surface area contributed by atoms with Gasteiger partial charge in [0.05, 0.1) is 11.0 Å². The third kappa shape index (κ3) is 4.10. The molecule has 1 aromatic carbocycles. The molecule has 0 heterocycles. The number of benzene rings is 1. The van der Waals surface area contributed by atoms with E-state index in [2.05, 4.69) is 5.32 Å². The lowest BCUT2D eigenvalue weighted by Crippen LogP contribution is -2.12. The number of halogens is 1. The zero-order chi connectivity index (χ0) is 12.8. The van der Waals surface area contributed by atoms with Gasteiger partial charge in [-0.25, -0.2) is 4.39 Å². The number of hydrogen-bond donors (Lipinski definition) is 1. The fraction of sp³-hybridized carbons (Fsp3) is 0.400. The van der Waals surface area contributed by atoms with Crippen LogP contribution in [-0.2, 0) is 10.8 Å². The van der Waals surface area contributed by atoms with E-state index in [9.17, 15) is 18.7 Å². The third-order valence-electron chi connectivity index (χ3n) is 2.12. The summed E-state index contributed by atoms with van der Waals surface area (Å²) in [5, 5.41) is 13.5. The van der Waals surface area contributed by atoms with Crippen molar-refractivity contribution in [2.75, 3.05) is 23.4 Å². The van der Waals surface area contributed by atoms with Crippen molar-refractivity contribution in [3.8, 4) is 0 Å². The van der Waals surface area contributed by atoms with E-state index in [1.807, 2.05) is 0 Å². The molecular weight excluding hydrogens is 247 g/mol. The van der Waals surface area contributed by atoms with Gasteiger partial charge in [0.25, 0.3) is 5.69 Å². The molecule has 0 amide bonds. The fourth-order valence-electron chi connectivity index (χ4n) is 1.25. The molecule has 1 aromatic rings. The first-order valence-corrected chi connectivity index (χ1v) is 6.56. The van der Waals surface area contributed by atoms with Gasteiger partial charge >= 0.3 is 0 Å². The Morgan fingerprint density at radius 3 is 2.82 bits per heavy atom. The van der Waals surface area contributed by atoms with Gasteiger partial charge in [0, 0.05) is 28.9 Å². The molecule has 17 heavy (non-hydrogen) atoms. The van der Waals surface area contributed by atoms with Crippen LogP contribution < -0.4 is 5.32 Å². The molecule has 0 aromatic heterocycles. The molecule has 0 saturated carbocycles. The van der Waals surface area contributed by atoms with Gasteiger partial charge in [-0.15, -0.1) is 0 Å². The summed E-state index contributed by atoms with van der Waals surface area (Å²) in [4.78, 5) is 10.0. The molecule has 0 aliphatic rings. The Labute approximate surface area is 101 Å². The number of nitrogens with zero attached hydrogens (tertiary/aromatic N) is 1. The van der Waals surface area contributed by atoms with Crippen LogP contribution in [-0.4, -0.2) is 27.2 Å². The molecule has 5 nitrogen and oxygen atoms in total. The maximum Gasteiger partial charge on any atom is 0.295 e. The second-order valence-corrected chi connectivity index (χ2v) is 5.14. The van der Waals surface area contributed by atoms with Gasteiger partial charge in [-0.3, -0.25) is 14.3 Å². The van der Waals surface area contributed by atoms with Gasteiger partial charge in [-0.05, 0) is 12.1 Å². The molecular formula is C10H13FN2O3S. The van der Waals surface area contributed by atoms with E-state index in [0.29, 0.717) is 18.1 Å². The van der Waals surface area contributed by atoms with Gasteiger partial charge < -0.3 is 5.32 Å². The quantitative estimate of drug-likeness (QED) is 0.626. The molecule has 0 fully saturated rings. The Hall–Kier alpha value is -1.50. The van der Waals surface area contributed by atoms with Crippen molar-refractivity contribution in [2.24, 2.45) is 0 Å². The van der Waals surface area contributed by atoms with E-state index in [0.717, 1.165) is 12.1 Å². The second kappa shape index (κ2) is 6.29. The molecule has 0 spiro atoms. The highest BCUT2D eigenvalue weighted by Crippen LogP contribution is 2.24. The molecule has 0 bridgehead atoms. The summed E-state index contributed by atoms with van der Waals surface area (Å²) in [5.41, 5.74) is -0.0724. The number of rotatable bonds is 6. The summed E-state index contributed by atoms with van der Waals surface area (Å²) >= 11 is 0. The van der Waals surface area contributed by atoms with Crippen molar-refractivity contribution in [1.29, 1.82) is 0 Å². The van der Waals surface area contributed by atoms with Crippen LogP contribution in [0.1, 0.15) is 6.92 Å². The van der Waals surface area contributed by atoms with E-state index in [1.165, 1.54) is 6.07 Å². The molecule has 0 aliphatic heterocycles. The third-order valence-corrected chi connectivity index (χ3v) is 3.43. The lowest BCUT2D eigenvalue weighted by molar-refractivity contribution is -0.384. The number of nitro groups is 1. The Morgan fingerprint density at radius 1 is 1.53 bits per heavy atom. The number of hydrogen-bond acceptors (Lipinski definition) is 4. The highest BCUT2D eigenvalue weighted by Gasteiger charge is 2.14. The van der Waals surface area contributed by atoms with Crippen LogP contribution in [0.2, 0.25) is 0 Å². The highest BCUT2D eigenvalue weighted by molar-refractivity contribution is 7.84. The first kappa shape index (κ1) is 13.6. The van der Waals surface area contributed by atoms with E-state index >= 15 is 0 Å². The molecule has 1 unspecified atom stereocenters. The van der Waals surface area contributed by atoms with Crippen molar-refractivity contribution in [3.63, 3.8) is 0 Å². The van der Waals surface area contributed by atoms with Crippen molar-refractivity contribution in [2.45, 2.75) is 6.92 Å². The maximum atomic E-state index is 12.8. The molecule has 1 N–H and O–H groups in total. The van der Waals surface area contributed by atoms with Crippen LogP contribution in [0.5, 0.6) is 0 Å². The molecule has 0 radical (unpaired) electrons. The summed E-state index contributed by atoms with van der Waals surface area (Å²) < 4.78 is 24.0. The van der Waals surface area contributed by atoms with Crippen LogP contribution >= 0.6 is 0 Å². The molecule has 0 saturated heterocycles. The van der Waals surface area contributed by atoms with Crippen LogP contribution in [0.15, 0.2) is 18.2 Å². The van der Waals surface area contributed by atoms with Crippen LogP contribution in [0, 0.1) is 15.9 Å². The van der Waals surface area contributed by atoms with Gasteiger partial charge in [0.15, 0.2) is 0 Å². The molecule has 7 heteroatoms. The SMILES string of the molecule is CCS(=O)CCNc1ccc(F)cc1[N+](=O)[O-]. The monoisotopic (exact) mass is 260 g/mol. The summed E-state index contributed by atoms with van der Waals surface area (Å²) in [5.74, 6) is 0.303. The predicted molar refractivity (Wildman–Crippen MR) is 65.1 cm³/mol. The molecule has 0 aliphatic carbocycles. The lowest BCUT2D eigenvalue weighted by Gasteiger charge is -2.06. The topological polar surface area (TPSA) is 72.2 Å². The molecule has 1 atom stereocenters. The summed E-state index contributed by atoms with van der Waals surface area (Å²) in [6.07, 6.45) is 0. The Balaban J connectivity index is 2.70. The largest absolute Gasteiger partial charge is 0.379 e. The van der Waals surface area contributed by atoms with Gasteiger partial charge in [0.1, 0.15) is 11.5 Å². The number of anilines is 1. The average Bonchev–Trinajstić information content (AvgIpc) is 2.30. The zero-order valence-corrected chi connectivity index (χ0v) is 10.1. The summed E-state index contributed by atoms with van der Waals surface area (Å²) in [6.45, 7) is 2.16. The van der Waals surface area contributed by atoms with Crippen LogP contribution in [0.4, 0.5) is 15.8 Å². The second-order valence-electron chi connectivity index (χ2n) is 3.28. The van der Waals surface area contributed by atoms with E-state index in [-0.39, 0.29) is 11.4 Å². The standard InChI is InChI=1S/C10H13FN2O3S/c1-2-17(16)6-5-12-9-4-3-8(11)7-10(9)13(14)15/h3-4,7,12H,2,5-6H2,1H3. The summed E-state index contributed by atoms with van der Waals surface area (Å²) in [7, 11) is -0.929. The average molecular weight is 260 g/mol. The van der Waals surface area contributed by atoms with Gasteiger partial charge in [-0.1, -0.05) is 6.92 Å². The van der Waals surface area contributed by atoms with Crippen molar-refractivity contribution < 1.29 is 13.5 Å². The maximum absolute atomic E-state index is 12.8. The minimum atomic E-state index is -0.929. The normalized spacial score (nSPS) is 12.1. The minimum absolute atomic E-state index is 0.240. The molecule has 1 rings (SSSR count). The van der Waals surface area contributed by atoms with Crippen LogP contribution in [0.25, 0.3) is 0 Å². The smallest absolute Gasteiger partial charge is 0.295 e. The fourth-order valence-corrected chi connectivity index (χ4v) is 1.87. The lowest BCUT2D eigenvalue weighted by atomic mass is 10.2. The minimum Gasteiger partial charge on any atom is -0.379 e. The first-order chi connectivity index (χ1) is 8.04. The first-order valence-electron chi connectivity index (χ1n) is 5.07. The van der Waals surface area contributed by atoms with E-state index in [1.54, 1.807) is 6.92 Å². The van der Waals surface area contributed by atoms with Crippen LogP contribution in [0.3, 0.4) is 0 Å². The zero-order valence-electron chi connectivity index (χ0n) is 9.31. The van der Waals surface area contributed by atoms with Gasteiger partial charge in [0.2, 0.25) is 0 Å². The van der Waals surface area contributed by atoms with Gasteiger partial charge in [-0.2, -0.15) is 0 Å². The number of nitrogens with one attached hydrogen (secondary N) is 1. The Bertz CT molecular complexity index is 440. The Kier molecular flexibility index (Phi) is 5.02. The number of nitro benzene ring substituents is 1. The van der Waals surface area contributed by atoms with Crippen molar-refractivity contribution in [3.05, 3.63) is 34.1 Å². The van der Waals surface area contributed by atoms with Crippen molar-refractivity contribution in [1.82, 2.24) is 0 Å². The van der Waals surface area contributed by atoms with Crippen molar-refractivity contribution >= 4 is 22.2 Å². The van der Waals surface area contributed by atoms with E-state index < -0.39 is 21.5 Å². The molecule has 94 valence electrons. The summed E-state index contributed by atoms with van der Waals surface area (Å²) in [6, 6.07) is 3.31. The Morgan fingerprint density at radius 2 is 2.24 bits per heavy atom. The highest BCUT2D eigenvalue weighted by atomic mass is 32.2.